The highest BCUT2D eigenvalue weighted by atomic mass is 16.2. The SMILES string of the molecule is CN1C(=O)[C@H]2CC3=CCCC=C3C[C@H]2C1=O. The van der Waals surface area contributed by atoms with Gasteiger partial charge in [0.1, 0.15) is 0 Å². The molecule has 3 nitrogen and oxygen atoms in total. The van der Waals surface area contributed by atoms with E-state index in [0.717, 1.165) is 25.7 Å². The Hall–Kier alpha value is -1.38. The molecule has 0 unspecified atom stereocenters. The van der Waals surface area contributed by atoms with Crippen LogP contribution in [0.4, 0.5) is 0 Å². The number of carbonyl (C=O) groups excluding carboxylic acids is 2. The highest BCUT2D eigenvalue weighted by molar-refractivity contribution is 6.05. The second-order valence-corrected chi connectivity index (χ2v) is 4.89. The smallest absolute Gasteiger partial charge is 0.233 e. The number of allylic oxidation sites excluding steroid dienone is 4. The van der Waals surface area contributed by atoms with Crippen molar-refractivity contribution in [3.8, 4) is 0 Å². The van der Waals surface area contributed by atoms with Crippen molar-refractivity contribution in [2.45, 2.75) is 25.7 Å². The third-order valence-corrected chi connectivity index (χ3v) is 4.02. The minimum atomic E-state index is -0.0843. The van der Waals surface area contributed by atoms with Gasteiger partial charge in [-0.05, 0) is 36.8 Å². The molecule has 84 valence electrons. The van der Waals surface area contributed by atoms with E-state index >= 15 is 0 Å². The van der Waals surface area contributed by atoms with Crippen LogP contribution < -0.4 is 0 Å². The van der Waals surface area contributed by atoms with Crippen molar-refractivity contribution in [2.75, 3.05) is 7.05 Å². The summed E-state index contributed by atoms with van der Waals surface area (Å²) < 4.78 is 0. The zero-order valence-corrected chi connectivity index (χ0v) is 9.40. The number of carbonyl (C=O) groups is 2. The lowest BCUT2D eigenvalue weighted by atomic mass is 9.74. The summed E-state index contributed by atoms with van der Waals surface area (Å²) in [7, 11) is 1.61. The molecule has 2 aliphatic carbocycles. The third kappa shape index (κ3) is 1.20. The molecule has 0 aromatic carbocycles. The summed E-state index contributed by atoms with van der Waals surface area (Å²) in [5, 5.41) is 0. The number of hydrogen-bond acceptors (Lipinski definition) is 2. The lowest BCUT2D eigenvalue weighted by Gasteiger charge is -2.28. The van der Waals surface area contributed by atoms with Gasteiger partial charge in [-0.3, -0.25) is 14.5 Å². The van der Waals surface area contributed by atoms with Crippen LogP contribution in [0.3, 0.4) is 0 Å². The molecule has 3 heteroatoms. The van der Waals surface area contributed by atoms with Crippen LogP contribution in [0.15, 0.2) is 23.3 Å². The van der Waals surface area contributed by atoms with Gasteiger partial charge in [0.05, 0.1) is 11.8 Å². The van der Waals surface area contributed by atoms with Crippen molar-refractivity contribution in [1.29, 1.82) is 0 Å². The second kappa shape index (κ2) is 3.30. The van der Waals surface area contributed by atoms with Crippen molar-refractivity contribution in [2.24, 2.45) is 11.8 Å². The summed E-state index contributed by atoms with van der Waals surface area (Å²) in [5.74, 6) is -0.140. The summed E-state index contributed by atoms with van der Waals surface area (Å²) in [5.41, 5.74) is 2.62. The first-order chi connectivity index (χ1) is 7.68. The molecule has 0 bridgehead atoms. The number of imide groups is 1. The summed E-state index contributed by atoms with van der Waals surface area (Å²) in [6.07, 6.45) is 8.17. The van der Waals surface area contributed by atoms with Crippen molar-refractivity contribution < 1.29 is 9.59 Å². The molecular formula is C13H15NO2. The first-order valence-electron chi connectivity index (χ1n) is 5.88. The van der Waals surface area contributed by atoms with Crippen LogP contribution in [-0.2, 0) is 9.59 Å². The molecule has 2 atom stereocenters. The average molecular weight is 217 g/mol. The van der Waals surface area contributed by atoms with Crippen LogP contribution in [0.25, 0.3) is 0 Å². The predicted molar refractivity (Wildman–Crippen MR) is 59.4 cm³/mol. The van der Waals surface area contributed by atoms with E-state index in [2.05, 4.69) is 12.2 Å². The van der Waals surface area contributed by atoms with E-state index in [1.54, 1.807) is 7.05 Å². The van der Waals surface area contributed by atoms with Crippen molar-refractivity contribution in [3.05, 3.63) is 23.3 Å². The number of nitrogens with zero attached hydrogens (tertiary/aromatic N) is 1. The van der Waals surface area contributed by atoms with Crippen LogP contribution in [0.5, 0.6) is 0 Å². The number of fused-ring (bicyclic) bond motifs is 2. The maximum absolute atomic E-state index is 11.9. The minimum Gasteiger partial charge on any atom is -0.285 e. The fourth-order valence-electron chi connectivity index (χ4n) is 3.09. The van der Waals surface area contributed by atoms with Gasteiger partial charge in [0, 0.05) is 7.05 Å². The largest absolute Gasteiger partial charge is 0.285 e. The van der Waals surface area contributed by atoms with E-state index in [-0.39, 0.29) is 23.7 Å². The fraction of sp³-hybridized carbons (Fsp3) is 0.538. The molecule has 0 spiro atoms. The molecule has 1 aliphatic heterocycles. The topological polar surface area (TPSA) is 37.4 Å². The van der Waals surface area contributed by atoms with Gasteiger partial charge in [-0.15, -0.1) is 0 Å². The molecule has 1 saturated carbocycles. The van der Waals surface area contributed by atoms with Crippen molar-refractivity contribution in [1.82, 2.24) is 4.90 Å². The Balaban J connectivity index is 1.95. The van der Waals surface area contributed by atoms with Gasteiger partial charge in [0.2, 0.25) is 11.8 Å². The first kappa shape index (κ1) is 9.82. The van der Waals surface area contributed by atoms with Crippen LogP contribution in [0, 0.1) is 11.8 Å². The van der Waals surface area contributed by atoms with E-state index in [4.69, 9.17) is 0 Å². The van der Waals surface area contributed by atoms with Gasteiger partial charge in [0.25, 0.3) is 0 Å². The Bertz CT molecular complexity index is 393. The van der Waals surface area contributed by atoms with Gasteiger partial charge >= 0.3 is 0 Å². The van der Waals surface area contributed by atoms with Gasteiger partial charge in [-0.1, -0.05) is 12.2 Å². The molecule has 16 heavy (non-hydrogen) atoms. The highest BCUT2D eigenvalue weighted by Crippen LogP contribution is 2.44. The van der Waals surface area contributed by atoms with E-state index in [1.807, 2.05) is 0 Å². The molecule has 1 saturated heterocycles. The van der Waals surface area contributed by atoms with Crippen LogP contribution >= 0.6 is 0 Å². The molecule has 0 N–H and O–H groups in total. The minimum absolute atomic E-state index is 0.0144. The standard InChI is InChI=1S/C13H15NO2/c1-14-12(15)10-6-8-4-2-3-5-9(8)7-11(10)13(14)16/h4-5,10-11H,2-3,6-7H2,1H3/t10-,11+. The van der Waals surface area contributed by atoms with Gasteiger partial charge in [-0.2, -0.15) is 0 Å². The summed E-state index contributed by atoms with van der Waals surface area (Å²) in [6, 6.07) is 0. The normalized spacial score (nSPS) is 33.2. The van der Waals surface area contributed by atoms with Gasteiger partial charge in [0.15, 0.2) is 0 Å². The Morgan fingerprint density at radius 1 is 1.00 bits per heavy atom. The molecule has 0 aromatic heterocycles. The lowest BCUT2D eigenvalue weighted by Crippen LogP contribution is -2.25. The Morgan fingerprint density at radius 3 is 1.88 bits per heavy atom. The summed E-state index contributed by atoms with van der Waals surface area (Å²) >= 11 is 0. The van der Waals surface area contributed by atoms with E-state index in [9.17, 15) is 9.59 Å². The quantitative estimate of drug-likeness (QED) is 0.579. The fourth-order valence-corrected chi connectivity index (χ4v) is 3.09. The van der Waals surface area contributed by atoms with Gasteiger partial charge < -0.3 is 0 Å². The number of likely N-dealkylation sites (tertiary alicyclic amines) is 1. The Morgan fingerprint density at radius 2 is 1.44 bits per heavy atom. The molecule has 2 amide bonds. The molecular weight excluding hydrogens is 202 g/mol. The predicted octanol–water partition coefficient (Wildman–Crippen LogP) is 1.66. The molecule has 0 radical (unpaired) electrons. The third-order valence-electron chi connectivity index (χ3n) is 4.02. The second-order valence-electron chi connectivity index (χ2n) is 4.89. The van der Waals surface area contributed by atoms with E-state index in [1.165, 1.54) is 16.0 Å². The molecule has 0 aromatic rings. The number of hydrogen-bond donors (Lipinski definition) is 0. The van der Waals surface area contributed by atoms with Gasteiger partial charge in [-0.25, -0.2) is 0 Å². The molecule has 3 rings (SSSR count). The Labute approximate surface area is 94.8 Å². The van der Waals surface area contributed by atoms with E-state index in [0.29, 0.717) is 0 Å². The van der Waals surface area contributed by atoms with Crippen molar-refractivity contribution in [3.63, 3.8) is 0 Å². The maximum atomic E-state index is 11.9. The monoisotopic (exact) mass is 217 g/mol. The summed E-state index contributed by atoms with van der Waals surface area (Å²) in [4.78, 5) is 25.1. The molecule has 2 fully saturated rings. The molecule has 1 heterocycles. The summed E-state index contributed by atoms with van der Waals surface area (Å²) in [6.45, 7) is 0. The maximum Gasteiger partial charge on any atom is 0.233 e. The Kier molecular flexibility index (Phi) is 2.03. The van der Waals surface area contributed by atoms with Crippen LogP contribution in [0.1, 0.15) is 25.7 Å². The van der Waals surface area contributed by atoms with E-state index < -0.39 is 0 Å². The van der Waals surface area contributed by atoms with Crippen LogP contribution in [0.2, 0.25) is 0 Å². The highest BCUT2D eigenvalue weighted by Gasteiger charge is 2.48. The number of rotatable bonds is 0. The lowest BCUT2D eigenvalue weighted by molar-refractivity contribution is -0.138. The first-order valence-corrected chi connectivity index (χ1v) is 5.88. The average Bonchev–Trinajstić information content (AvgIpc) is 2.52. The molecule has 3 aliphatic rings. The zero-order valence-electron chi connectivity index (χ0n) is 9.40. The van der Waals surface area contributed by atoms with Crippen molar-refractivity contribution >= 4 is 11.8 Å². The zero-order chi connectivity index (χ0) is 11.3. The van der Waals surface area contributed by atoms with Crippen LogP contribution in [-0.4, -0.2) is 23.8 Å². The number of amides is 2.